The van der Waals surface area contributed by atoms with Gasteiger partial charge in [-0.05, 0) is 49.2 Å². The zero-order valence-electron chi connectivity index (χ0n) is 20.6. The van der Waals surface area contributed by atoms with Gasteiger partial charge in [0.25, 0.3) is 11.8 Å². The summed E-state index contributed by atoms with van der Waals surface area (Å²) >= 11 is 0. The Kier molecular flexibility index (Phi) is 7.80. The lowest BCUT2D eigenvalue weighted by atomic mass is 10.1. The maximum Gasteiger partial charge on any atom is 0.272 e. The van der Waals surface area contributed by atoms with E-state index in [0.29, 0.717) is 61.8 Å². The SMILES string of the molecule is COc1ccc(CCn2c(C(=O)CN3CCN(C(=O)c4ccccn4)CC3)cc(C(N)=O)c2C)cc1. The molecule has 188 valence electrons. The first-order chi connectivity index (χ1) is 17.4. The number of nitrogens with zero attached hydrogens (tertiary/aromatic N) is 4. The van der Waals surface area contributed by atoms with Crippen LogP contribution in [0.3, 0.4) is 0 Å². The van der Waals surface area contributed by atoms with Gasteiger partial charge in [0, 0.05) is 44.6 Å². The normalized spacial score (nSPS) is 14.0. The number of Topliss-reactive ketones (excluding diaryl/α,β-unsaturated/α-hetero) is 1. The van der Waals surface area contributed by atoms with Gasteiger partial charge in [-0.3, -0.25) is 24.3 Å². The Balaban J connectivity index is 1.42. The number of pyridine rings is 1. The molecule has 2 N–H and O–H groups in total. The molecule has 1 fully saturated rings. The van der Waals surface area contributed by atoms with Crippen molar-refractivity contribution in [3.05, 3.63) is 82.9 Å². The maximum absolute atomic E-state index is 13.3. The van der Waals surface area contributed by atoms with E-state index in [-0.39, 0.29) is 18.2 Å². The van der Waals surface area contributed by atoms with Crippen molar-refractivity contribution in [3.8, 4) is 5.75 Å². The summed E-state index contributed by atoms with van der Waals surface area (Å²) in [4.78, 5) is 45.9. The number of carbonyl (C=O) groups is 3. The molecule has 0 atom stereocenters. The lowest BCUT2D eigenvalue weighted by Gasteiger charge is -2.34. The van der Waals surface area contributed by atoms with Crippen molar-refractivity contribution >= 4 is 17.6 Å². The minimum Gasteiger partial charge on any atom is -0.497 e. The molecule has 36 heavy (non-hydrogen) atoms. The standard InChI is InChI=1S/C27H31N5O4/c1-19-22(26(28)34)17-24(32(19)12-10-20-6-8-21(36-2)9-7-20)25(33)18-30-13-15-31(16-14-30)27(35)23-5-3-4-11-29-23/h3-9,11,17H,10,12-16,18H2,1-2H3,(H2,28,34). The molecule has 2 aromatic heterocycles. The summed E-state index contributed by atoms with van der Waals surface area (Å²) in [5, 5.41) is 0. The number of nitrogens with two attached hydrogens (primary N) is 1. The van der Waals surface area contributed by atoms with E-state index in [1.807, 2.05) is 40.7 Å². The van der Waals surface area contributed by atoms with Gasteiger partial charge in [0.2, 0.25) is 0 Å². The number of ketones is 1. The van der Waals surface area contributed by atoms with Crippen LogP contribution in [0, 0.1) is 6.92 Å². The average Bonchev–Trinajstić information content (AvgIpc) is 3.24. The molecule has 0 bridgehead atoms. The molecule has 4 rings (SSSR count). The van der Waals surface area contributed by atoms with Gasteiger partial charge >= 0.3 is 0 Å². The maximum atomic E-state index is 13.3. The predicted molar refractivity (Wildman–Crippen MR) is 135 cm³/mol. The van der Waals surface area contributed by atoms with E-state index in [9.17, 15) is 14.4 Å². The van der Waals surface area contributed by atoms with Crippen LogP contribution in [-0.2, 0) is 13.0 Å². The number of carbonyl (C=O) groups excluding carboxylic acids is 3. The molecule has 1 aliphatic heterocycles. The molecule has 9 heteroatoms. The molecule has 0 saturated carbocycles. The fraction of sp³-hybridized carbons (Fsp3) is 0.333. The van der Waals surface area contributed by atoms with Crippen LogP contribution in [0.15, 0.2) is 54.7 Å². The number of aryl methyl sites for hydroxylation is 1. The van der Waals surface area contributed by atoms with Gasteiger partial charge in [-0.2, -0.15) is 0 Å². The number of methoxy groups -OCH3 is 1. The first-order valence-electron chi connectivity index (χ1n) is 12.0. The van der Waals surface area contributed by atoms with E-state index >= 15 is 0 Å². The third-order valence-corrected chi connectivity index (χ3v) is 6.61. The molecular weight excluding hydrogens is 458 g/mol. The van der Waals surface area contributed by atoms with Crippen LogP contribution in [0.2, 0.25) is 0 Å². The number of benzene rings is 1. The third-order valence-electron chi connectivity index (χ3n) is 6.61. The van der Waals surface area contributed by atoms with Crippen molar-refractivity contribution in [2.45, 2.75) is 19.9 Å². The fourth-order valence-corrected chi connectivity index (χ4v) is 4.49. The molecule has 0 aliphatic carbocycles. The fourth-order valence-electron chi connectivity index (χ4n) is 4.49. The highest BCUT2D eigenvalue weighted by Crippen LogP contribution is 2.19. The van der Waals surface area contributed by atoms with Crippen LogP contribution >= 0.6 is 0 Å². The van der Waals surface area contributed by atoms with Crippen molar-refractivity contribution in [3.63, 3.8) is 0 Å². The molecule has 3 aromatic rings. The Morgan fingerprint density at radius 2 is 1.75 bits per heavy atom. The molecule has 0 radical (unpaired) electrons. The molecule has 9 nitrogen and oxygen atoms in total. The van der Waals surface area contributed by atoms with E-state index < -0.39 is 5.91 Å². The van der Waals surface area contributed by atoms with Gasteiger partial charge in [0.15, 0.2) is 5.78 Å². The van der Waals surface area contributed by atoms with E-state index in [1.165, 1.54) is 0 Å². The van der Waals surface area contributed by atoms with Crippen LogP contribution < -0.4 is 10.5 Å². The second-order valence-electron chi connectivity index (χ2n) is 8.85. The van der Waals surface area contributed by atoms with Crippen molar-refractivity contribution in [2.24, 2.45) is 5.73 Å². The molecular formula is C27H31N5O4. The van der Waals surface area contributed by atoms with Gasteiger partial charge in [-0.25, -0.2) is 0 Å². The summed E-state index contributed by atoms with van der Waals surface area (Å²) in [6.45, 7) is 4.76. The zero-order chi connectivity index (χ0) is 25.7. The predicted octanol–water partition coefficient (Wildman–Crippen LogP) is 2.18. The second kappa shape index (κ2) is 11.2. The molecule has 2 amide bonds. The van der Waals surface area contributed by atoms with Gasteiger partial charge in [0.1, 0.15) is 11.4 Å². The molecule has 3 heterocycles. The lowest BCUT2D eigenvalue weighted by molar-refractivity contribution is 0.0617. The topological polar surface area (TPSA) is 111 Å². The Morgan fingerprint density at radius 1 is 1.03 bits per heavy atom. The minimum atomic E-state index is -0.550. The molecule has 1 aromatic carbocycles. The number of ether oxygens (including phenoxy) is 1. The van der Waals surface area contributed by atoms with Crippen LogP contribution in [0.25, 0.3) is 0 Å². The van der Waals surface area contributed by atoms with Crippen molar-refractivity contribution < 1.29 is 19.1 Å². The van der Waals surface area contributed by atoms with Gasteiger partial charge < -0.3 is 19.9 Å². The van der Waals surface area contributed by atoms with E-state index in [4.69, 9.17) is 10.5 Å². The lowest BCUT2D eigenvalue weighted by Crippen LogP contribution is -2.50. The van der Waals surface area contributed by atoms with Crippen LogP contribution in [0.4, 0.5) is 0 Å². The first-order valence-corrected chi connectivity index (χ1v) is 12.0. The zero-order valence-corrected chi connectivity index (χ0v) is 20.6. The van der Waals surface area contributed by atoms with E-state index in [1.54, 1.807) is 42.5 Å². The smallest absolute Gasteiger partial charge is 0.272 e. The molecule has 1 aliphatic rings. The Bertz CT molecular complexity index is 1230. The van der Waals surface area contributed by atoms with Crippen molar-refractivity contribution in [1.29, 1.82) is 0 Å². The monoisotopic (exact) mass is 489 g/mol. The van der Waals surface area contributed by atoms with E-state index in [2.05, 4.69) is 4.98 Å². The highest BCUT2D eigenvalue weighted by molar-refractivity contribution is 6.01. The Labute approximate surface area is 210 Å². The Morgan fingerprint density at radius 3 is 2.36 bits per heavy atom. The summed E-state index contributed by atoms with van der Waals surface area (Å²) in [6, 6.07) is 14.7. The number of primary amides is 1. The van der Waals surface area contributed by atoms with Crippen molar-refractivity contribution in [2.75, 3.05) is 39.8 Å². The van der Waals surface area contributed by atoms with Crippen LogP contribution in [0.5, 0.6) is 5.75 Å². The van der Waals surface area contributed by atoms with Gasteiger partial charge in [-0.1, -0.05) is 18.2 Å². The summed E-state index contributed by atoms with van der Waals surface area (Å²) < 4.78 is 7.10. The highest BCUT2D eigenvalue weighted by Gasteiger charge is 2.26. The molecule has 0 spiro atoms. The molecule has 0 unspecified atom stereocenters. The summed E-state index contributed by atoms with van der Waals surface area (Å²) in [5.74, 6) is 0.0524. The molecule has 1 saturated heterocycles. The van der Waals surface area contributed by atoms with Gasteiger partial charge in [-0.15, -0.1) is 0 Å². The third kappa shape index (κ3) is 5.63. The summed E-state index contributed by atoms with van der Waals surface area (Å²) in [7, 11) is 1.62. The van der Waals surface area contributed by atoms with Crippen molar-refractivity contribution in [1.82, 2.24) is 19.4 Å². The summed E-state index contributed by atoms with van der Waals surface area (Å²) in [5.41, 5.74) is 8.62. The second-order valence-corrected chi connectivity index (χ2v) is 8.85. The first kappa shape index (κ1) is 25.1. The Hall–Kier alpha value is -3.98. The number of hydrogen-bond donors (Lipinski definition) is 1. The van der Waals surface area contributed by atoms with Crippen LogP contribution in [0.1, 0.15) is 42.6 Å². The van der Waals surface area contributed by atoms with E-state index in [0.717, 1.165) is 11.3 Å². The number of piperazine rings is 1. The number of amides is 2. The van der Waals surface area contributed by atoms with Gasteiger partial charge in [0.05, 0.1) is 24.9 Å². The number of aromatic nitrogens is 2. The number of rotatable bonds is 9. The largest absolute Gasteiger partial charge is 0.497 e. The van der Waals surface area contributed by atoms with Crippen LogP contribution in [-0.4, -0.2) is 76.8 Å². The number of hydrogen-bond acceptors (Lipinski definition) is 6. The average molecular weight is 490 g/mol. The summed E-state index contributed by atoms with van der Waals surface area (Å²) in [6.07, 6.45) is 2.29. The minimum absolute atomic E-state index is 0.0789. The quantitative estimate of drug-likeness (QED) is 0.461. The highest BCUT2D eigenvalue weighted by atomic mass is 16.5.